The highest BCUT2D eigenvalue weighted by atomic mass is 35.5. The minimum absolute atomic E-state index is 0.345. The van der Waals surface area contributed by atoms with Crippen LogP contribution in [0.15, 0.2) is 60.8 Å². The minimum Gasteiger partial charge on any atom is -0.495 e. The van der Waals surface area contributed by atoms with E-state index >= 15 is 0 Å². The van der Waals surface area contributed by atoms with Gasteiger partial charge in [-0.3, -0.25) is 4.79 Å². The van der Waals surface area contributed by atoms with E-state index in [-0.39, 0.29) is 5.91 Å². The lowest BCUT2D eigenvalue weighted by atomic mass is 10.2. The van der Waals surface area contributed by atoms with Crippen molar-refractivity contribution in [1.29, 1.82) is 0 Å². The van der Waals surface area contributed by atoms with E-state index in [4.69, 9.17) is 16.3 Å². The molecule has 1 aromatic heterocycles. The summed E-state index contributed by atoms with van der Waals surface area (Å²) in [5.41, 5.74) is 1.38. The maximum absolute atomic E-state index is 13.2. The zero-order valence-electron chi connectivity index (χ0n) is 13.8. The van der Waals surface area contributed by atoms with Gasteiger partial charge in [0.05, 0.1) is 18.4 Å². The van der Waals surface area contributed by atoms with Gasteiger partial charge in [-0.1, -0.05) is 17.7 Å². The highest BCUT2D eigenvalue weighted by Crippen LogP contribution is 2.29. The quantitative estimate of drug-likeness (QED) is 0.671. The molecular formula is C19H15ClFN3O2. The molecule has 1 heterocycles. The van der Waals surface area contributed by atoms with Crippen LogP contribution >= 0.6 is 11.6 Å². The minimum atomic E-state index is -0.420. The van der Waals surface area contributed by atoms with Crippen molar-refractivity contribution in [2.75, 3.05) is 17.7 Å². The largest absolute Gasteiger partial charge is 0.495 e. The summed E-state index contributed by atoms with van der Waals surface area (Å²) in [5, 5.41) is 6.26. The molecule has 2 aromatic carbocycles. The van der Waals surface area contributed by atoms with E-state index < -0.39 is 5.82 Å². The number of nitrogens with one attached hydrogen (secondary N) is 2. The summed E-state index contributed by atoms with van der Waals surface area (Å²) in [7, 11) is 1.56. The third kappa shape index (κ3) is 4.29. The third-order valence-electron chi connectivity index (χ3n) is 3.53. The van der Waals surface area contributed by atoms with Crippen molar-refractivity contribution in [3.8, 4) is 5.75 Å². The van der Waals surface area contributed by atoms with Gasteiger partial charge in [0.1, 0.15) is 17.4 Å². The Bertz CT molecular complexity index is 932. The SMILES string of the molecule is COc1ccc(Cl)cc1Nc1ccc(C(=O)Nc2cccc(F)c2)cn1. The molecule has 0 aliphatic carbocycles. The number of carbonyl (C=O) groups excluding carboxylic acids is 1. The Labute approximate surface area is 154 Å². The number of halogens is 2. The Balaban J connectivity index is 1.72. The Kier molecular flexibility index (Phi) is 5.34. The van der Waals surface area contributed by atoms with Crippen LogP contribution in [-0.4, -0.2) is 18.0 Å². The van der Waals surface area contributed by atoms with Crippen molar-refractivity contribution in [3.05, 3.63) is 77.2 Å². The number of hydrogen-bond acceptors (Lipinski definition) is 4. The van der Waals surface area contributed by atoms with E-state index in [0.717, 1.165) is 0 Å². The third-order valence-corrected chi connectivity index (χ3v) is 3.77. The molecule has 132 valence electrons. The van der Waals surface area contributed by atoms with Gasteiger partial charge in [-0.05, 0) is 48.5 Å². The zero-order valence-corrected chi connectivity index (χ0v) is 14.5. The van der Waals surface area contributed by atoms with Crippen molar-refractivity contribution in [3.63, 3.8) is 0 Å². The summed E-state index contributed by atoms with van der Waals surface area (Å²) in [6.45, 7) is 0. The van der Waals surface area contributed by atoms with Gasteiger partial charge in [-0.15, -0.1) is 0 Å². The number of methoxy groups -OCH3 is 1. The Morgan fingerprint density at radius 1 is 1.15 bits per heavy atom. The first-order valence-electron chi connectivity index (χ1n) is 7.69. The van der Waals surface area contributed by atoms with Gasteiger partial charge in [0.15, 0.2) is 0 Å². The molecule has 3 rings (SSSR count). The molecule has 2 N–H and O–H groups in total. The van der Waals surface area contributed by atoms with Crippen LogP contribution < -0.4 is 15.4 Å². The van der Waals surface area contributed by atoms with Crippen LogP contribution in [0.5, 0.6) is 5.75 Å². The molecule has 1 amide bonds. The summed E-state index contributed by atoms with van der Waals surface area (Å²) in [6.07, 6.45) is 1.42. The molecule has 7 heteroatoms. The second-order valence-electron chi connectivity index (χ2n) is 5.37. The van der Waals surface area contributed by atoms with Crippen LogP contribution in [0.3, 0.4) is 0 Å². The first-order valence-corrected chi connectivity index (χ1v) is 8.06. The van der Waals surface area contributed by atoms with E-state index in [0.29, 0.717) is 33.5 Å². The summed E-state index contributed by atoms with van der Waals surface area (Å²) in [5.74, 6) is 0.336. The number of amides is 1. The molecule has 0 atom stereocenters. The van der Waals surface area contributed by atoms with E-state index in [2.05, 4.69) is 15.6 Å². The van der Waals surface area contributed by atoms with Gasteiger partial charge < -0.3 is 15.4 Å². The van der Waals surface area contributed by atoms with Crippen LogP contribution in [0.1, 0.15) is 10.4 Å². The molecule has 26 heavy (non-hydrogen) atoms. The van der Waals surface area contributed by atoms with Crippen LogP contribution in [0, 0.1) is 5.82 Å². The number of nitrogens with zero attached hydrogens (tertiary/aromatic N) is 1. The van der Waals surface area contributed by atoms with Gasteiger partial charge in [-0.2, -0.15) is 0 Å². The number of carbonyl (C=O) groups is 1. The van der Waals surface area contributed by atoms with E-state index in [9.17, 15) is 9.18 Å². The molecule has 3 aromatic rings. The predicted octanol–water partition coefficient (Wildman–Crippen LogP) is 4.88. The molecule has 0 aliphatic rings. The number of rotatable bonds is 5. The summed E-state index contributed by atoms with van der Waals surface area (Å²) in [4.78, 5) is 16.4. The second-order valence-corrected chi connectivity index (χ2v) is 5.80. The number of pyridine rings is 1. The topological polar surface area (TPSA) is 63.2 Å². The van der Waals surface area contributed by atoms with E-state index in [1.165, 1.54) is 24.4 Å². The number of benzene rings is 2. The fraction of sp³-hybridized carbons (Fsp3) is 0.0526. The lowest BCUT2D eigenvalue weighted by Gasteiger charge is -2.11. The number of anilines is 3. The highest BCUT2D eigenvalue weighted by Gasteiger charge is 2.09. The van der Waals surface area contributed by atoms with Crippen LogP contribution in [0.25, 0.3) is 0 Å². The van der Waals surface area contributed by atoms with Crippen molar-refractivity contribution in [2.24, 2.45) is 0 Å². The molecule has 0 radical (unpaired) electrons. The van der Waals surface area contributed by atoms with Crippen molar-refractivity contribution >= 4 is 34.7 Å². The molecule has 0 saturated heterocycles. The number of hydrogen-bond donors (Lipinski definition) is 2. The zero-order chi connectivity index (χ0) is 18.5. The van der Waals surface area contributed by atoms with Crippen molar-refractivity contribution < 1.29 is 13.9 Å². The molecule has 0 unspecified atom stereocenters. The summed E-state index contributed by atoms with van der Waals surface area (Å²) >= 11 is 6.00. The smallest absolute Gasteiger partial charge is 0.257 e. The molecule has 0 bridgehead atoms. The number of aromatic nitrogens is 1. The fourth-order valence-corrected chi connectivity index (χ4v) is 2.46. The van der Waals surface area contributed by atoms with Gasteiger partial charge in [0.25, 0.3) is 5.91 Å². The fourth-order valence-electron chi connectivity index (χ4n) is 2.29. The summed E-state index contributed by atoms with van der Waals surface area (Å²) < 4.78 is 18.4. The number of ether oxygens (including phenoxy) is 1. The molecule has 0 aliphatic heterocycles. The Morgan fingerprint density at radius 2 is 2.00 bits per heavy atom. The van der Waals surface area contributed by atoms with Crippen molar-refractivity contribution in [2.45, 2.75) is 0 Å². The lowest BCUT2D eigenvalue weighted by Crippen LogP contribution is -2.12. The van der Waals surface area contributed by atoms with E-state index in [1.807, 2.05) is 0 Å². The standard InChI is InChI=1S/C19H15ClFN3O2/c1-26-17-7-6-13(20)9-16(17)24-18-8-5-12(11-22-18)19(25)23-15-4-2-3-14(21)10-15/h2-11H,1H3,(H,22,24)(H,23,25). The molecule has 0 fully saturated rings. The van der Waals surface area contributed by atoms with Crippen LogP contribution in [0.2, 0.25) is 5.02 Å². The van der Waals surface area contributed by atoms with Gasteiger partial charge >= 0.3 is 0 Å². The van der Waals surface area contributed by atoms with Gasteiger partial charge in [0.2, 0.25) is 0 Å². The average Bonchev–Trinajstić information content (AvgIpc) is 2.62. The lowest BCUT2D eigenvalue weighted by molar-refractivity contribution is 0.102. The monoisotopic (exact) mass is 371 g/mol. The first-order chi connectivity index (χ1) is 12.5. The Hall–Kier alpha value is -3.12. The average molecular weight is 372 g/mol. The van der Waals surface area contributed by atoms with Gasteiger partial charge in [0, 0.05) is 16.9 Å². The molecule has 5 nitrogen and oxygen atoms in total. The summed E-state index contributed by atoms with van der Waals surface area (Å²) in [6, 6.07) is 14.1. The molecular weight excluding hydrogens is 357 g/mol. The van der Waals surface area contributed by atoms with Crippen LogP contribution in [0.4, 0.5) is 21.6 Å². The predicted molar refractivity (Wildman–Crippen MR) is 99.9 cm³/mol. The molecule has 0 spiro atoms. The highest BCUT2D eigenvalue weighted by molar-refractivity contribution is 6.31. The van der Waals surface area contributed by atoms with Crippen LogP contribution in [-0.2, 0) is 0 Å². The normalized spacial score (nSPS) is 10.3. The molecule has 0 saturated carbocycles. The maximum Gasteiger partial charge on any atom is 0.257 e. The van der Waals surface area contributed by atoms with Crippen molar-refractivity contribution in [1.82, 2.24) is 4.98 Å². The second kappa shape index (κ2) is 7.84. The van der Waals surface area contributed by atoms with Gasteiger partial charge in [-0.25, -0.2) is 9.37 Å². The van der Waals surface area contributed by atoms with E-state index in [1.54, 1.807) is 43.5 Å². The first kappa shape index (κ1) is 17.7. The maximum atomic E-state index is 13.2. The Morgan fingerprint density at radius 3 is 2.69 bits per heavy atom.